The molecular formula is C15H20F2N2O. The maximum Gasteiger partial charge on any atom is 0.126 e. The molecule has 0 saturated carbocycles. The highest BCUT2D eigenvalue weighted by Crippen LogP contribution is 2.24. The number of benzene rings is 1. The predicted molar refractivity (Wildman–Crippen MR) is 72.4 cm³/mol. The van der Waals surface area contributed by atoms with Gasteiger partial charge in [-0.2, -0.15) is 0 Å². The van der Waals surface area contributed by atoms with Crippen molar-refractivity contribution in [1.82, 2.24) is 4.90 Å². The van der Waals surface area contributed by atoms with E-state index < -0.39 is 11.6 Å². The van der Waals surface area contributed by atoms with Gasteiger partial charge in [0.25, 0.3) is 0 Å². The molecule has 3 rings (SSSR count). The second kappa shape index (κ2) is 5.76. The number of fused-ring (bicyclic) bond motifs is 1. The van der Waals surface area contributed by atoms with Crippen LogP contribution in [0.3, 0.4) is 0 Å². The molecule has 5 heteroatoms. The zero-order chi connectivity index (χ0) is 14.1. The lowest BCUT2D eigenvalue weighted by Crippen LogP contribution is -2.53. The van der Waals surface area contributed by atoms with E-state index in [4.69, 9.17) is 10.5 Å². The van der Waals surface area contributed by atoms with Crippen LogP contribution in [0.2, 0.25) is 0 Å². The molecular weight excluding hydrogens is 262 g/mol. The number of hydrogen-bond acceptors (Lipinski definition) is 3. The van der Waals surface area contributed by atoms with E-state index in [2.05, 4.69) is 4.90 Å². The Bertz CT molecular complexity index is 483. The molecule has 0 aromatic heterocycles. The van der Waals surface area contributed by atoms with E-state index in [0.717, 1.165) is 25.2 Å². The number of nitrogens with two attached hydrogens (primary N) is 1. The zero-order valence-electron chi connectivity index (χ0n) is 11.4. The third kappa shape index (κ3) is 2.85. The summed E-state index contributed by atoms with van der Waals surface area (Å²) in [4.78, 5) is 2.40. The van der Waals surface area contributed by atoms with Crippen molar-refractivity contribution in [3.05, 3.63) is 35.4 Å². The molecule has 0 aliphatic carbocycles. The highest BCUT2D eigenvalue weighted by atomic mass is 19.1. The van der Waals surface area contributed by atoms with Crippen molar-refractivity contribution in [2.45, 2.75) is 37.5 Å². The SMILES string of the molecule is NC(Cc1cc(F)ccc1F)C1CN2CCCC2CO1. The molecule has 3 unspecified atom stereocenters. The molecule has 1 aromatic carbocycles. The average molecular weight is 282 g/mol. The summed E-state index contributed by atoms with van der Waals surface area (Å²) in [5, 5.41) is 0. The number of morpholine rings is 1. The van der Waals surface area contributed by atoms with Gasteiger partial charge in [0.1, 0.15) is 11.6 Å². The fourth-order valence-corrected chi connectivity index (χ4v) is 3.19. The Morgan fingerprint density at radius 1 is 1.40 bits per heavy atom. The standard InChI is InChI=1S/C15H20F2N2O/c16-11-3-4-13(17)10(6-11)7-14(18)15-8-19-5-1-2-12(19)9-20-15/h3-4,6,12,14-15H,1-2,5,7-9,18H2. The Hall–Kier alpha value is -1.04. The van der Waals surface area contributed by atoms with Gasteiger partial charge in [0.15, 0.2) is 0 Å². The highest BCUT2D eigenvalue weighted by molar-refractivity contribution is 5.20. The monoisotopic (exact) mass is 282 g/mol. The minimum atomic E-state index is -0.433. The normalized spacial score (nSPS) is 28.4. The third-order valence-corrected chi connectivity index (χ3v) is 4.36. The maximum atomic E-state index is 13.6. The highest BCUT2D eigenvalue weighted by Gasteiger charge is 2.34. The maximum absolute atomic E-state index is 13.6. The van der Waals surface area contributed by atoms with Gasteiger partial charge in [0.05, 0.1) is 12.7 Å². The van der Waals surface area contributed by atoms with Gasteiger partial charge in [-0.05, 0) is 49.6 Å². The molecule has 1 aromatic rings. The van der Waals surface area contributed by atoms with Crippen LogP contribution in [0.1, 0.15) is 18.4 Å². The molecule has 0 amide bonds. The van der Waals surface area contributed by atoms with Gasteiger partial charge in [-0.1, -0.05) is 0 Å². The summed E-state index contributed by atoms with van der Waals surface area (Å²) < 4.78 is 32.6. The summed E-state index contributed by atoms with van der Waals surface area (Å²) in [6, 6.07) is 3.69. The van der Waals surface area contributed by atoms with E-state index in [1.165, 1.54) is 18.9 Å². The average Bonchev–Trinajstić information content (AvgIpc) is 2.90. The number of halogens is 2. The van der Waals surface area contributed by atoms with Gasteiger partial charge in [-0.25, -0.2) is 8.78 Å². The summed E-state index contributed by atoms with van der Waals surface area (Å²) in [5.41, 5.74) is 6.47. The molecule has 2 saturated heterocycles. The Balaban J connectivity index is 1.64. The summed E-state index contributed by atoms with van der Waals surface area (Å²) in [6.45, 7) is 2.58. The van der Waals surface area contributed by atoms with Crippen LogP contribution in [0.15, 0.2) is 18.2 Å². The van der Waals surface area contributed by atoms with Gasteiger partial charge < -0.3 is 10.5 Å². The second-order valence-corrected chi connectivity index (χ2v) is 5.77. The first-order valence-electron chi connectivity index (χ1n) is 7.18. The first-order chi connectivity index (χ1) is 9.63. The predicted octanol–water partition coefficient (Wildman–Crippen LogP) is 1.70. The number of hydrogen-bond donors (Lipinski definition) is 1. The van der Waals surface area contributed by atoms with Crippen LogP contribution in [0.4, 0.5) is 8.78 Å². The molecule has 2 fully saturated rings. The summed E-state index contributed by atoms with van der Waals surface area (Å²) in [7, 11) is 0. The minimum Gasteiger partial charge on any atom is -0.374 e. The van der Waals surface area contributed by atoms with Gasteiger partial charge in [-0.15, -0.1) is 0 Å². The molecule has 3 atom stereocenters. The van der Waals surface area contributed by atoms with E-state index in [1.54, 1.807) is 0 Å². The Labute approximate surface area is 117 Å². The van der Waals surface area contributed by atoms with Crippen LogP contribution in [0.25, 0.3) is 0 Å². The lowest BCUT2D eigenvalue weighted by Gasteiger charge is -2.37. The van der Waals surface area contributed by atoms with Crippen LogP contribution in [0.5, 0.6) is 0 Å². The number of rotatable bonds is 3. The molecule has 20 heavy (non-hydrogen) atoms. The van der Waals surface area contributed by atoms with E-state index in [1.807, 2.05) is 0 Å². The van der Waals surface area contributed by atoms with E-state index >= 15 is 0 Å². The third-order valence-electron chi connectivity index (χ3n) is 4.36. The van der Waals surface area contributed by atoms with Gasteiger partial charge in [0, 0.05) is 18.6 Å². The van der Waals surface area contributed by atoms with Crippen LogP contribution in [0, 0.1) is 11.6 Å². The quantitative estimate of drug-likeness (QED) is 0.917. The first kappa shape index (κ1) is 13.9. The molecule has 110 valence electrons. The largest absolute Gasteiger partial charge is 0.374 e. The van der Waals surface area contributed by atoms with Gasteiger partial charge in [-0.3, -0.25) is 4.90 Å². The lowest BCUT2D eigenvalue weighted by molar-refractivity contribution is -0.0590. The fraction of sp³-hybridized carbons (Fsp3) is 0.600. The number of ether oxygens (including phenoxy) is 1. The summed E-state index contributed by atoms with van der Waals surface area (Å²) in [6.07, 6.45) is 2.58. The molecule has 2 aliphatic heterocycles. The van der Waals surface area contributed by atoms with Crippen molar-refractivity contribution < 1.29 is 13.5 Å². The van der Waals surface area contributed by atoms with Crippen LogP contribution in [-0.4, -0.2) is 42.8 Å². The first-order valence-corrected chi connectivity index (χ1v) is 7.18. The smallest absolute Gasteiger partial charge is 0.126 e. The Kier molecular flexibility index (Phi) is 4.01. The van der Waals surface area contributed by atoms with Crippen LogP contribution in [-0.2, 0) is 11.2 Å². The van der Waals surface area contributed by atoms with Gasteiger partial charge >= 0.3 is 0 Å². The van der Waals surface area contributed by atoms with Crippen molar-refractivity contribution in [3.63, 3.8) is 0 Å². The topological polar surface area (TPSA) is 38.5 Å². The molecule has 2 aliphatic rings. The second-order valence-electron chi connectivity index (χ2n) is 5.77. The molecule has 3 nitrogen and oxygen atoms in total. The number of nitrogens with zero attached hydrogens (tertiary/aromatic N) is 1. The van der Waals surface area contributed by atoms with Crippen molar-refractivity contribution in [2.75, 3.05) is 19.7 Å². The Morgan fingerprint density at radius 2 is 2.25 bits per heavy atom. The fourth-order valence-electron chi connectivity index (χ4n) is 3.19. The zero-order valence-corrected chi connectivity index (χ0v) is 11.4. The minimum absolute atomic E-state index is 0.105. The summed E-state index contributed by atoms with van der Waals surface area (Å²) in [5.74, 6) is -0.838. The van der Waals surface area contributed by atoms with E-state index in [0.29, 0.717) is 24.6 Å². The van der Waals surface area contributed by atoms with Crippen LogP contribution < -0.4 is 5.73 Å². The molecule has 0 radical (unpaired) electrons. The van der Waals surface area contributed by atoms with Gasteiger partial charge in [0.2, 0.25) is 0 Å². The summed E-state index contributed by atoms with van der Waals surface area (Å²) >= 11 is 0. The molecule has 0 spiro atoms. The van der Waals surface area contributed by atoms with E-state index in [-0.39, 0.29) is 12.1 Å². The molecule has 2 heterocycles. The van der Waals surface area contributed by atoms with Crippen molar-refractivity contribution >= 4 is 0 Å². The van der Waals surface area contributed by atoms with Crippen molar-refractivity contribution in [2.24, 2.45) is 5.73 Å². The molecule has 0 bridgehead atoms. The molecule has 2 N–H and O–H groups in total. The lowest BCUT2D eigenvalue weighted by atomic mass is 9.99. The van der Waals surface area contributed by atoms with Crippen molar-refractivity contribution in [1.29, 1.82) is 0 Å². The van der Waals surface area contributed by atoms with E-state index in [9.17, 15) is 8.78 Å². The Morgan fingerprint density at radius 3 is 3.10 bits per heavy atom. The van der Waals surface area contributed by atoms with Crippen molar-refractivity contribution in [3.8, 4) is 0 Å². The van der Waals surface area contributed by atoms with Crippen LogP contribution >= 0.6 is 0 Å².